The Kier molecular flexibility index (Phi) is 3.51. The van der Waals surface area contributed by atoms with Gasteiger partial charge in [0.2, 0.25) is 0 Å². The Morgan fingerprint density at radius 2 is 2.31 bits per heavy atom. The van der Waals surface area contributed by atoms with Gasteiger partial charge in [0.15, 0.2) is 0 Å². The first-order chi connectivity index (χ1) is 7.72. The van der Waals surface area contributed by atoms with E-state index in [1.165, 1.54) is 12.3 Å². The van der Waals surface area contributed by atoms with E-state index in [0.717, 1.165) is 19.0 Å². The molecule has 1 saturated carbocycles. The zero-order chi connectivity index (χ0) is 11.5. The third-order valence-corrected chi connectivity index (χ3v) is 2.82. The molecule has 1 aromatic rings. The Balaban J connectivity index is 2.12. The highest BCUT2D eigenvalue weighted by molar-refractivity contribution is 5.15. The van der Waals surface area contributed by atoms with Crippen LogP contribution in [0.5, 0.6) is 0 Å². The van der Waals surface area contributed by atoms with Crippen molar-refractivity contribution < 1.29 is 14.2 Å². The van der Waals surface area contributed by atoms with Crippen molar-refractivity contribution in [1.29, 1.82) is 0 Å². The molecule has 4 heteroatoms. The van der Waals surface area contributed by atoms with Crippen LogP contribution in [0.15, 0.2) is 18.5 Å². The van der Waals surface area contributed by atoms with Gasteiger partial charge in [0.05, 0.1) is 12.3 Å². The van der Waals surface area contributed by atoms with Gasteiger partial charge in [-0.15, -0.1) is 0 Å². The number of rotatable bonds is 5. The predicted octanol–water partition coefficient (Wildman–Crippen LogP) is 2.07. The van der Waals surface area contributed by atoms with E-state index in [2.05, 4.69) is 4.98 Å². The Labute approximate surface area is 94.3 Å². The van der Waals surface area contributed by atoms with Gasteiger partial charge >= 0.3 is 0 Å². The van der Waals surface area contributed by atoms with Crippen LogP contribution in [0.3, 0.4) is 0 Å². The van der Waals surface area contributed by atoms with Gasteiger partial charge in [0, 0.05) is 18.4 Å². The zero-order valence-corrected chi connectivity index (χ0v) is 9.27. The second kappa shape index (κ2) is 4.89. The average Bonchev–Trinajstić information content (AvgIpc) is 3.09. The minimum absolute atomic E-state index is 0.228. The molecule has 2 rings (SSSR count). The maximum atomic E-state index is 13.0. The van der Waals surface area contributed by atoms with Crippen LogP contribution in [-0.4, -0.2) is 22.8 Å². The molecular formula is C12H16FNO2. The lowest BCUT2D eigenvalue weighted by molar-refractivity contribution is -0.0464. The summed E-state index contributed by atoms with van der Waals surface area (Å²) < 4.78 is 18.5. The summed E-state index contributed by atoms with van der Waals surface area (Å²) in [6, 6.07) is 1.31. The maximum Gasteiger partial charge on any atom is 0.141 e. The SMILES string of the molecule is CCOC(C1CC1)C(O)c1cncc(F)c1. The van der Waals surface area contributed by atoms with Crippen molar-refractivity contribution in [2.75, 3.05) is 6.61 Å². The maximum absolute atomic E-state index is 13.0. The van der Waals surface area contributed by atoms with Crippen LogP contribution in [-0.2, 0) is 4.74 Å². The number of ether oxygens (including phenoxy) is 1. The Morgan fingerprint density at radius 3 is 2.88 bits per heavy atom. The number of nitrogens with zero attached hydrogens (tertiary/aromatic N) is 1. The molecule has 0 saturated heterocycles. The summed E-state index contributed by atoms with van der Waals surface area (Å²) in [4.78, 5) is 3.74. The number of halogens is 1. The lowest BCUT2D eigenvalue weighted by atomic mass is 10.0. The van der Waals surface area contributed by atoms with Gasteiger partial charge < -0.3 is 9.84 Å². The smallest absolute Gasteiger partial charge is 0.141 e. The fourth-order valence-electron chi connectivity index (χ4n) is 1.88. The summed E-state index contributed by atoms with van der Waals surface area (Å²) in [5.74, 6) is -0.0270. The fraction of sp³-hybridized carbons (Fsp3) is 0.583. The topological polar surface area (TPSA) is 42.4 Å². The predicted molar refractivity (Wildman–Crippen MR) is 57.3 cm³/mol. The van der Waals surface area contributed by atoms with E-state index in [-0.39, 0.29) is 6.10 Å². The van der Waals surface area contributed by atoms with Gasteiger partial charge in [-0.2, -0.15) is 0 Å². The minimum Gasteiger partial charge on any atom is -0.386 e. The molecule has 2 atom stereocenters. The molecule has 1 aliphatic carbocycles. The monoisotopic (exact) mass is 225 g/mol. The van der Waals surface area contributed by atoms with Gasteiger partial charge in [-0.05, 0) is 31.7 Å². The molecule has 1 aliphatic rings. The number of hydrogen-bond donors (Lipinski definition) is 1. The quantitative estimate of drug-likeness (QED) is 0.834. The second-order valence-electron chi connectivity index (χ2n) is 4.14. The molecule has 0 bridgehead atoms. The Bertz CT molecular complexity index is 355. The van der Waals surface area contributed by atoms with E-state index in [4.69, 9.17) is 4.74 Å². The van der Waals surface area contributed by atoms with Crippen LogP contribution < -0.4 is 0 Å². The molecular weight excluding hydrogens is 209 g/mol. The highest BCUT2D eigenvalue weighted by Crippen LogP contribution is 2.39. The van der Waals surface area contributed by atoms with Gasteiger partial charge in [0.1, 0.15) is 11.9 Å². The summed E-state index contributed by atoms with van der Waals surface area (Å²) in [5, 5.41) is 10.1. The number of aliphatic hydroxyl groups excluding tert-OH is 1. The normalized spacial score (nSPS) is 19.4. The van der Waals surface area contributed by atoms with Crippen molar-refractivity contribution in [3.63, 3.8) is 0 Å². The minimum atomic E-state index is -0.782. The van der Waals surface area contributed by atoms with E-state index in [9.17, 15) is 9.50 Å². The molecule has 1 N–H and O–H groups in total. The molecule has 2 unspecified atom stereocenters. The second-order valence-corrected chi connectivity index (χ2v) is 4.14. The molecule has 88 valence electrons. The third-order valence-electron chi connectivity index (χ3n) is 2.82. The summed E-state index contributed by atoms with van der Waals surface area (Å²) >= 11 is 0. The first kappa shape index (κ1) is 11.5. The summed E-state index contributed by atoms with van der Waals surface area (Å²) in [5.41, 5.74) is 0.491. The van der Waals surface area contributed by atoms with Crippen LogP contribution in [0, 0.1) is 11.7 Å². The van der Waals surface area contributed by atoms with Crippen molar-refractivity contribution in [3.8, 4) is 0 Å². The van der Waals surface area contributed by atoms with Crippen molar-refractivity contribution in [2.24, 2.45) is 5.92 Å². The molecule has 1 heterocycles. The molecule has 0 aliphatic heterocycles. The number of pyridine rings is 1. The molecule has 1 fully saturated rings. The van der Waals surface area contributed by atoms with Gasteiger partial charge in [0.25, 0.3) is 0 Å². The molecule has 1 aromatic heterocycles. The Morgan fingerprint density at radius 1 is 1.56 bits per heavy atom. The van der Waals surface area contributed by atoms with Crippen LogP contribution >= 0.6 is 0 Å². The van der Waals surface area contributed by atoms with Crippen molar-refractivity contribution in [2.45, 2.75) is 32.0 Å². The highest BCUT2D eigenvalue weighted by Gasteiger charge is 2.37. The molecule has 0 amide bonds. The van der Waals surface area contributed by atoms with Crippen LogP contribution in [0.4, 0.5) is 4.39 Å². The zero-order valence-electron chi connectivity index (χ0n) is 9.27. The van der Waals surface area contributed by atoms with E-state index >= 15 is 0 Å². The first-order valence-corrected chi connectivity index (χ1v) is 5.62. The molecule has 0 aromatic carbocycles. The van der Waals surface area contributed by atoms with Crippen LogP contribution in [0.25, 0.3) is 0 Å². The fourth-order valence-corrected chi connectivity index (χ4v) is 1.88. The average molecular weight is 225 g/mol. The summed E-state index contributed by atoms with van der Waals surface area (Å²) in [6.45, 7) is 2.45. The summed E-state index contributed by atoms with van der Waals surface area (Å²) in [6.07, 6.45) is 3.75. The summed E-state index contributed by atoms with van der Waals surface area (Å²) in [7, 11) is 0. The molecule has 0 radical (unpaired) electrons. The standard InChI is InChI=1S/C12H16FNO2/c1-2-16-12(8-3-4-8)11(15)9-5-10(13)7-14-6-9/h5-8,11-12,15H,2-4H2,1H3. The van der Waals surface area contributed by atoms with Crippen molar-refractivity contribution in [3.05, 3.63) is 29.8 Å². The third kappa shape index (κ3) is 2.57. The molecule has 0 spiro atoms. The van der Waals surface area contributed by atoms with Crippen molar-refractivity contribution >= 4 is 0 Å². The van der Waals surface area contributed by atoms with Gasteiger partial charge in [-0.1, -0.05) is 0 Å². The first-order valence-electron chi connectivity index (χ1n) is 5.62. The number of aromatic nitrogens is 1. The van der Waals surface area contributed by atoms with Gasteiger partial charge in [-0.25, -0.2) is 4.39 Å². The van der Waals surface area contributed by atoms with Crippen LogP contribution in [0.2, 0.25) is 0 Å². The van der Waals surface area contributed by atoms with E-state index in [1.807, 2.05) is 6.92 Å². The lowest BCUT2D eigenvalue weighted by Gasteiger charge is -2.22. The highest BCUT2D eigenvalue weighted by atomic mass is 19.1. The number of hydrogen-bond acceptors (Lipinski definition) is 3. The Hall–Kier alpha value is -1.00. The largest absolute Gasteiger partial charge is 0.386 e. The van der Waals surface area contributed by atoms with E-state index in [0.29, 0.717) is 18.1 Å². The van der Waals surface area contributed by atoms with Crippen molar-refractivity contribution in [1.82, 2.24) is 4.98 Å². The molecule has 16 heavy (non-hydrogen) atoms. The van der Waals surface area contributed by atoms with E-state index in [1.54, 1.807) is 0 Å². The number of aliphatic hydroxyl groups is 1. The van der Waals surface area contributed by atoms with Gasteiger partial charge in [-0.3, -0.25) is 4.98 Å². The van der Waals surface area contributed by atoms with E-state index < -0.39 is 11.9 Å². The lowest BCUT2D eigenvalue weighted by Crippen LogP contribution is -2.24. The van der Waals surface area contributed by atoms with Crippen LogP contribution in [0.1, 0.15) is 31.4 Å². The molecule has 3 nitrogen and oxygen atoms in total.